The van der Waals surface area contributed by atoms with Gasteiger partial charge in [0.05, 0.1) is 33.6 Å². The van der Waals surface area contributed by atoms with E-state index in [1.165, 1.54) is 27.8 Å². The minimum Gasteiger partial charge on any atom is -0.278 e. The van der Waals surface area contributed by atoms with Gasteiger partial charge in [-0.25, -0.2) is 39.9 Å². The summed E-state index contributed by atoms with van der Waals surface area (Å²) < 4.78 is 8.53. The van der Waals surface area contributed by atoms with Gasteiger partial charge in [0.1, 0.15) is 29.1 Å². The molecule has 0 aliphatic heterocycles. The molecule has 0 aliphatic carbocycles. The molecule has 0 radical (unpaired) electrons. The van der Waals surface area contributed by atoms with Crippen LogP contribution in [0.2, 0.25) is 0 Å². The Bertz CT molecular complexity index is 6340. The van der Waals surface area contributed by atoms with Crippen molar-refractivity contribution in [1.29, 1.82) is 0 Å². The van der Waals surface area contributed by atoms with Gasteiger partial charge in [-0.2, -0.15) is 0 Å². The van der Waals surface area contributed by atoms with E-state index in [1.807, 2.05) is 86.0 Å². The largest absolute Gasteiger partial charge is 0.278 e. The van der Waals surface area contributed by atoms with Crippen LogP contribution in [0.5, 0.6) is 0 Å². The Labute approximate surface area is 731 Å². The van der Waals surface area contributed by atoms with E-state index in [9.17, 15) is 0 Å². The zero-order valence-electron chi connectivity index (χ0n) is 76.9. The Morgan fingerprint density at radius 3 is 0.863 bits per heavy atom. The monoisotopic (exact) mass is 1640 g/mol. The number of hydrogen-bond acceptors (Lipinski definition) is 16. The molecule has 16 aromatic rings. The normalized spacial score (nSPS) is 12.0. The molecule has 0 spiro atoms. The molecule has 124 heavy (non-hydrogen) atoms. The second kappa shape index (κ2) is 35.6. The number of aromatic nitrogens is 20. The highest BCUT2D eigenvalue weighted by Gasteiger charge is 2.31. The third kappa shape index (κ3) is 19.6. The molecule has 8 aromatic heterocycles. The fourth-order valence-corrected chi connectivity index (χ4v) is 14.8. The summed E-state index contributed by atoms with van der Waals surface area (Å²) in [7, 11) is 0. The van der Waals surface area contributed by atoms with Gasteiger partial charge in [-0.05, 0) is 146 Å². The number of hydrogen-bond donors (Lipinski definition) is 0. The Morgan fingerprint density at radius 2 is 0.500 bits per heavy atom. The number of benzene rings is 8. The minimum absolute atomic E-state index is 0.0634. The van der Waals surface area contributed by atoms with E-state index in [4.69, 9.17) is 5.10 Å². The molecule has 0 saturated heterocycles. The zero-order valence-corrected chi connectivity index (χ0v) is 76.9. The molecule has 0 saturated carbocycles. The third-order valence-corrected chi connectivity index (χ3v) is 21.5. The maximum atomic E-state index is 4.73. The van der Waals surface area contributed by atoms with Gasteiger partial charge in [-0.3, -0.25) is 18.3 Å². The molecule has 8 heterocycles. The molecule has 20 nitrogen and oxygen atoms in total. The van der Waals surface area contributed by atoms with Crippen molar-refractivity contribution in [1.82, 2.24) is 98.9 Å². The van der Waals surface area contributed by atoms with Crippen LogP contribution in [0.15, 0.2) is 232 Å². The van der Waals surface area contributed by atoms with Crippen molar-refractivity contribution in [2.45, 2.75) is 213 Å². The molecule has 0 fully saturated rings. The van der Waals surface area contributed by atoms with Crippen LogP contribution in [0.3, 0.4) is 0 Å². The summed E-state index contributed by atoms with van der Waals surface area (Å²) in [6.07, 6.45) is 14.8. The van der Waals surface area contributed by atoms with Crippen LogP contribution in [0.1, 0.15) is 204 Å². The molecular weight excluding hydrogens is 1530 g/mol. The zero-order chi connectivity index (χ0) is 89.1. The van der Waals surface area contributed by atoms with Crippen molar-refractivity contribution in [3.63, 3.8) is 0 Å². The number of para-hydroxylation sites is 2. The first-order valence-corrected chi connectivity index (χ1v) is 42.4. The summed E-state index contributed by atoms with van der Waals surface area (Å²) in [4.78, 5) is 36.9. The maximum absolute atomic E-state index is 4.73. The van der Waals surface area contributed by atoms with E-state index >= 15 is 0 Å². The van der Waals surface area contributed by atoms with Gasteiger partial charge < -0.3 is 0 Å². The lowest BCUT2D eigenvalue weighted by molar-refractivity contribution is 0.533. The fraction of sp³-hybridized carbons (Fsp3) is 0.308. The highest BCUT2D eigenvalue weighted by atomic mass is 15.3. The smallest absolute Gasteiger partial charge is 0.172 e. The van der Waals surface area contributed by atoms with E-state index in [1.54, 1.807) is 0 Å². The summed E-state index contributed by atoms with van der Waals surface area (Å²) in [6, 6.07) is 63.0. The van der Waals surface area contributed by atoms with Crippen molar-refractivity contribution >= 4 is 0 Å². The van der Waals surface area contributed by atoms with Crippen LogP contribution in [-0.4, -0.2) is 98.9 Å². The third-order valence-electron chi connectivity index (χ3n) is 21.5. The van der Waals surface area contributed by atoms with Crippen molar-refractivity contribution in [3.05, 3.63) is 311 Å². The van der Waals surface area contributed by atoms with Crippen LogP contribution in [-0.2, 0) is 32.5 Å². The Balaban J connectivity index is 0.000000143. The summed E-state index contributed by atoms with van der Waals surface area (Å²) in [5.41, 5.74) is 23.2. The second-order valence-electron chi connectivity index (χ2n) is 38.3. The Hall–Kier alpha value is -13.4. The summed E-state index contributed by atoms with van der Waals surface area (Å²) in [5.74, 6) is 9.53. The van der Waals surface area contributed by atoms with E-state index < -0.39 is 0 Å². The van der Waals surface area contributed by atoms with Crippen LogP contribution < -0.4 is 0 Å². The van der Waals surface area contributed by atoms with E-state index in [2.05, 4.69) is 419 Å². The molecule has 0 N–H and O–H groups in total. The molecule has 632 valence electrons. The molecule has 16 rings (SSSR count). The molecule has 20 heteroatoms. The van der Waals surface area contributed by atoms with Gasteiger partial charge >= 0.3 is 0 Å². The maximum Gasteiger partial charge on any atom is 0.172 e. The van der Waals surface area contributed by atoms with Gasteiger partial charge in [0.2, 0.25) is 0 Å². The lowest BCUT2D eigenvalue weighted by atomic mass is 9.87. The van der Waals surface area contributed by atoms with Crippen LogP contribution in [0.25, 0.3) is 114 Å². The predicted octanol–water partition coefficient (Wildman–Crippen LogP) is 23.8. The topological polar surface area (TPSA) is 226 Å². The van der Waals surface area contributed by atoms with Gasteiger partial charge in [0.15, 0.2) is 40.8 Å². The summed E-state index contributed by atoms with van der Waals surface area (Å²) in [5, 5.41) is 36.8. The molecule has 0 aliphatic rings. The molecule has 8 aromatic carbocycles. The fourth-order valence-electron chi connectivity index (χ4n) is 14.8. The summed E-state index contributed by atoms with van der Waals surface area (Å²) in [6.45, 7) is 55.3. The molecule has 0 unspecified atom stereocenters. The van der Waals surface area contributed by atoms with Crippen molar-refractivity contribution < 1.29 is 0 Å². The average Bonchev–Trinajstić information content (AvgIpc) is 1.58. The van der Waals surface area contributed by atoms with Gasteiger partial charge in [-0.1, -0.05) is 282 Å². The molecule has 0 bridgehead atoms. The number of rotatable bonds is 12. The average molecular weight is 1650 g/mol. The van der Waals surface area contributed by atoms with Gasteiger partial charge in [0, 0.05) is 105 Å². The predicted molar refractivity (Wildman–Crippen MR) is 501 cm³/mol. The first-order valence-electron chi connectivity index (χ1n) is 42.4. The standard InChI is InChI=1S/C32H33N5.2C25H27N5.C22H29N5/c1-31(2,3)24-16-18-25(19-17-24)37-28(23-20-33-30(34-21-23)32(4,5)6)35-36-29(37)27-15-11-10-14-26(27)22-12-8-7-9-13-22;1-16-10-7-8-13-20(16)23-29-28-22(19-14-26-24(27-15-19)25(4,5)6)30(23)21-17(2)11-9-12-18(21)3;1-16-11-17(2)13-20(12-16)30-22(19-14-26-24(27-15-19)25(4,5)6)28-29-23(30)21-10-8-7-9-18(21)3;1-14-10-9-11-15(2)17(14)27-18(25-26-20(27)22(6,7)8)16-12-23-19(24-13-16)21(3,4)5/h7-21H,1-6H3;2*7-15H,1-6H3;9-13H,1-8H3. The molecule has 0 atom stereocenters. The van der Waals surface area contributed by atoms with E-state index in [0.29, 0.717) is 5.82 Å². The first kappa shape index (κ1) is 88.4. The van der Waals surface area contributed by atoms with Crippen molar-refractivity contribution in [3.8, 4) is 114 Å². The van der Waals surface area contributed by atoms with Crippen molar-refractivity contribution in [2.24, 2.45) is 0 Å². The SMILES string of the molecule is CC(C)(C)c1ccc(-n2c(-c3cnc(C(C)(C)C)nc3)nnc2-c2ccccc2-c2ccccc2)cc1.Cc1cc(C)cc(-n2c(-c3cnc(C(C)(C)C)nc3)nnc2-c2ccccc2C)c1.Cc1cccc(C)c1-n1c(-c2cnc(C(C)(C)C)nc2)nnc1C(C)(C)C.Cc1ccccc1-c1nnc(-c2cnc(C(C)(C)C)nc2)n1-c1c(C)cccc1C. The van der Waals surface area contributed by atoms with Crippen molar-refractivity contribution in [2.75, 3.05) is 0 Å². The van der Waals surface area contributed by atoms with Crippen LogP contribution in [0.4, 0.5) is 0 Å². The highest BCUT2D eigenvalue weighted by Crippen LogP contribution is 2.40. The Morgan fingerprint density at radius 1 is 0.210 bits per heavy atom. The van der Waals surface area contributed by atoms with Gasteiger partial charge in [-0.15, -0.1) is 40.8 Å². The molecular formula is C104H116N20. The number of nitrogens with zero attached hydrogens (tertiary/aromatic N) is 20. The van der Waals surface area contributed by atoms with Gasteiger partial charge in [0.25, 0.3) is 0 Å². The minimum atomic E-state index is -0.147. The quantitative estimate of drug-likeness (QED) is 0.111. The lowest BCUT2D eigenvalue weighted by Gasteiger charge is -2.22. The van der Waals surface area contributed by atoms with E-state index in [-0.39, 0.29) is 32.5 Å². The first-order chi connectivity index (χ1) is 58.6. The summed E-state index contributed by atoms with van der Waals surface area (Å²) >= 11 is 0. The highest BCUT2D eigenvalue weighted by molar-refractivity contribution is 5.83. The van der Waals surface area contributed by atoms with Crippen LogP contribution in [0, 0.1) is 55.4 Å². The Kier molecular flexibility index (Phi) is 25.4. The number of aryl methyl sites for hydroxylation is 8. The van der Waals surface area contributed by atoms with E-state index in [0.717, 1.165) is 159 Å². The molecule has 0 amide bonds. The lowest BCUT2D eigenvalue weighted by Crippen LogP contribution is -2.20. The second-order valence-corrected chi connectivity index (χ2v) is 38.3. The van der Waals surface area contributed by atoms with Crippen LogP contribution >= 0.6 is 0 Å².